The Hall–Kier alpha value is -2.63. The Kier molecular flexibility index (Phi) is 4.88. The monoisotopic (exact) mass is 341 g/mol. The summed E-state index contributed by atoms with van der Waals surface area (Å²) in [5.74, 6) is -0.318. The largest absolute Gasteiger partial charge is 0.350 e. The van der Waals surface area contributed by atoms with Gasteiger partial charge in [-0.2, -0.15) is 0 Å². The lowest BCUT2D eigenvalue weighted by Gasteiger charge is -2.39. The molecule has 1 atom stereocenters. The van der Waals surface area contributed by atoms with E-state index in [0.717, 1.165) is 12.8 Å². The molecule has 1 fully saturated rings. The molecule has 1 N–H and O–H groups in total. The van der Waals surface area contributed by atoms with Crippen LogP contribution in [0.15, 0.2) is 35.1 Å². The van der Waals surface area contributed by atoms with Crippen molar-refractivity contribution in [3.63, 3.8) is 0 Å². The van der Waals surface area contributed by atoms with Crippen LogP contribution in [0.5, 0.6) is 0 Å². The predicted molar refractivity (Wildman–Crippen MR) is 96.6 cm³/mol. The molecule has 2 aromatic rings. The van der Waals surface area contributed by atoms with Crippen molar-refractivity contribution >= 4 is 22.7 Å². The van der Waals surface area contributed by atoms with Gasteiger partial charge in [-0.3, -0.25) is 14.4 Å². The van der Waals surface area contributed by atoms with Gasteiger partial charge < -0.3 is 14.8 Å². The number of unbranched alkanes of at least 4 members (excludes halogenated alkanes) is 1. The van der Waals surface area contributed by atoms with Gasteiger partial charge in [0.1, 0.15) is 11.7 Å². The van der Waals surface area contributed by atoms with Crippen LogP contribution in [0.3, 0.4) is 0 Å². The maximum absolute atomic E-state index is 13.0. The van der Waals surface area contributed by atoms with Crippen LogP contribution in [0.2, 0.25) is 0 Å². The number of hydrogen-bond acceptors (Lipinski definition) is 3. The Bertz CT molecular complexity index is 858. The summed E-state index contributed by atoms with van der Waals surface area (Å²) in [7, 11) is 1.76. The molecule has 1 aliphatic heterocycles. The van der Waals surface area contributed by atoms with Gasteiger partial charge in [0.15, 0.2) is 5.43 Å². The van der Waals surface area contributed by atoms with E-state index in [1.54, 1.807) is 35.0 Å². The number of fused-ring (bicyclic) bond motifs is 1. The molecule has 1 aromatic carbocycles. The number of rotatable bonds is 4. The number of carbonyl (C=O) groups excluding carboxylic acids is 2. The normalized spacial score (nSPS) is 18.0. The van der Waals surface area contributed by atoms with Gasteiger partial charge in [0.05, 0.1) is 0 Å². The number of aromatic nitrogens is 1. The van der Waals surface area contributed by atoms with Crippen molar-refractivity contribution in [3.05, 3.63) is 46.2 Å². The van der Waals surface area contributed by atoms with Gasteiger partial charge in [0.25, 0.3) is 5.91 Å². The summed E-state index contributed by atoms with van der Waals surface area (Å²) in [6.07, 6.45) is 2.48. The highest BCUT2D eigenvalue weighted by Crippen LogP contribution is 2.19. The van der Waals surface area contributed by atoms with Crippen molar-refractivity contribution in [3.8, 4) is 0 Å². The third kappa shape index (κ3) is 3.29. The van der Waals surface area contributed by atoms with Crippen LogP contribution in [0, 0.1) is 0 Å². The minimum atomic E-state index is -0.457. The Morgan fingerprint density at radius 3 is 2.76 bits per heavy atom. The number of aromatic amines is 1. The first kappa shape index (κ1) is 17.2. The van der Waals surface area contributed by atoms with Crippen LogP contribution in [0.1, 0.15) is 36.7 Å². The number of H-pyrrole nitrogens is 1. The van der Waals surface area contributed by atoms with E-state index in [0.29, 0.717) is 30.4 Å². The second-order valence-corrected chi connectivity index (χ2v) is 6.51. The van der Waals surface area contributed by atoms with E-state index in [2.05, 4.69) is 11.9 Å². The van der Waals surface area contributed by atoms with E-state index in [1.807, 2.05) is 6.07 Å². The number of likely N-dealkylation sites (N-methyl/N-ethyl adjacent to an activating group) is 1. The first-order valence-electron chi connectivity index (χ1n) is 8.71. The average molecular weight is 341 g/mol. The van der Waals surface area contributed by atoms with E-state index < -0.39 is 6.04 Å². The number of piperazine rings is 1. The van der Waals surface area contributed by atoms with Crippen molar-refractivity contribution < 1.29 is 9.59 Å². The Morgan fingerprint density at radius 2 is 2.00 bits per heavy atom. The van der Waals surface area contributed by atoms with E-state index in [-0.39, 0.29) is 22.9 Å². The second-order valence-electron chi connectivity index (χ2n) is 6.51. The van der Waals surface area contributed by atoms with Crippen LogP contribution in [-0.4, -0.2) is 52.8 Å². The Labute approximate surface area is 146 Å². The summed E-state index contributed by atoms with van der Waals surface area (Å²) in [4.78, 5) is 44.1. The van der Waals surface area contributed by atoms with Crippen LogP contribution in [-0.2, 0) is 4.79 Å². The molecule has 1 saturated heterocycles. The molecule has 0 bridgehead atoms. The fourth-order valence-corrected chi connectivity index (χ4v) is 3.30. The molecule has 6 nitrogen and oxygen atoms in total. The van der Waals surface area contributed by atoms with Crippen LogP contribution >= 0.6 is 0 Å². The summed E-state index contributed by atoms with van der Waals surface area (Å²) in [5.41, 5.74) is 0.676. The van der Waals surface area contributed by atoms with Crippen molar-refractivity contribution in [2.24, 2.45) is 0 Å². The van der Waals surface area contributed by atoms with Gasteiger partial charge in [0.2, 0.25) is 5.91 Å². The third-order valence-corrected chi connectivity index (χ3v) is 4.77. The highest BCUT2D eigenvalue weighted by molar-refractivity contribution is 5.98. The predicted octanol–water partition coefficient (Wildman–Crippen LogP) is 2.00. The summed E-state index contributed by atoms with van der Waals surface area (Å²) in [5, 5.41) is 0.552. The van der Waals surface area contributed by atoms with Gasteiger partial charge in [0, 0.05) is 37.1 Å². The lowest BCUT2D eigenvalue weighted by molar-refractivity contribution is -0.138. The van der Waals surface area contributed by atoms with Crippen molar-refractivity contribution in [2.75, 3.05) is 20.1 Å². The maximum Gasteiger partial charge on any atom is 0.271 e. The number of hydrogen-bond donors (Lipinski definition) is 1. The zero-order chi connectivity index (χ0) is 18.0. The molecule has 2 amide bonds. The quantitative estimate of drug-likeness (QED) is 0.924. The van der Waals surface area contributed by atoms with Crippen molar-refractivity contribution in [1.82, 2.24) is 14.8 Å². The number of para-hydroxylation sites is 1. The summed E-state index contributed by atoms with van der Waals surface area (Å²) in [6, 6.07) is 7.99. The fraction of sp³-hybridized carbons (Fsp3) is 0.421. The van der Waals surface area contributed by atoms with Gasteiger partial charge >= 0.3 is 0 Å². The molecule has 0 spiro atoms. The molecule has 0 radical (unpaired) electrons. The second kappa shape index (κ2) is 7.09. The molecule has 0 aliphatic carbocycles. The topological polar surface area (TPSA) is 73.5 Å². The zero-order valence-electron chi connectivity index (χ0n) is 14.6. The number of nitrogens with one attached hydrogen (secondary N) is 1. The lowest BCUT2D eigenvalue weighted by atomic mass is 10.0. The minimum Gasteiger partial charge on any atom is -0.350 e. The van der Waals surface area contributed by atoms with Gasteiger partial charge in [-0.05, 0) is 18.6 Å². The molecule has 2 heterocycles. The van der Waals surface area contributed by atoms with Gasteiger partial charge in [-0.1, -0.05) is 31.9 Å². The molecule has 1 unspecified atom stereocenters. The first-order chi connectivity index (χ1) is 12.0. The standard InChI is InChI=1S/C19H23N3O3/c1-3-4-9-16-19(25)21(2)10-11-22(16)18(24)15-12-17(23)13-7-5-6-8-14(13)20-15/h5-8,12,16H,3-4,9-11H2,1-2H3,(H,20,23). The molecule has 6 heteroatoms. The fourth-order valence-electron chi connectivity index (χ4n) is 3.30. The van der Waals surface area contributed by atoms with E-state index in [1.165, 1.54) is 6.07 Å². The van der Waals surface area contributed by atoms with Gasteiger partial charge in [-0.15, -0.1) is 0 Å². The highest BCUT2D eigenvalue weighted by Gasteiger charge is 2.36. The molecule has 1 aliphatic rings. The SMILES string of the molecule is CCCCC1C(=O)N(C)CCN1C(=O)c1cc(=O)c2ccccc2[nH]1. The Balaban J connectivity index is 1.95. The summed E-state index contributed by atoms with van der Waals surface area (Å²) >= 11 is 0. The molecular formula is C19H23N3O3. The van der Waals surface area contributed by atoms with E-state index >= 15 is 0 Å². The molecule has 0 saturated carbocycles. The molecule has 1 aromatic heterocycles. The van der Waals surface area contributed by atoms with Crippen molar-refractivity contribution in [1.29, 1.82) is 0 Å². The number of carbonyl (C=O) groups is 2. The molecule has 132 valence electrons. The lowest BCUT2D eigenvalue weighted by Crippen LogP contribution is -2.57. The van der Waals surface area contributed by atoms with Crippen LogP contribution in [0.25, 0.3) is 10.9 Å². The van der Waals surface area contributed by atoms with Gasteiger partial charge in [-0.25, -0.2) is 0 Å². The molecule has 3 rings (SSSR count). The smallest absolute Gasteiger partial charge is 0.271 e. The number of benzene rings is 1. The number of nitrogens with zero attached hydrogens (tertiary/aromatic N) is 2. The zero-order valence-corrected chi connectivity index (χ0v) is 14.6. The van der Waals surface area contributed by atoms with Crippen LogP contribution < -0.4 is 5.43 Å². The number of amides is 2. The molecular weight excluding hydrogens is 318 g/mol. The summed E-state index contributed by atoms with van der Waals surface area (Å²) in [6.45, 7) is 3.04. The van der Waals surface area contributed by atoms with E-state index in [9.17, 15) is 14.4 Å². The highest BCUT2D eigenvalue weighted by atomic mass is 16.2. The molecule has 25 heavy (non-hydrogen) atoms. The average Bonchev–Trinajstić information content (AvgIpc) is 2.62. The third-order valence-electron chi connectivity index (χ3n) is 4.77. The maximum atomic E-state index is 13.0. The minimum absolute atomic E-state index is 0.0313. The van der Waals surface area contributed by atoms with E-state index in [4.69, 9.17) is 0 Å². The summed E-state index contributed by atoms with van der Waals surface area (Å²) < 4.78 is 0. The first-order valence-corrected chi connectivity index (χ1v) is 8.71. The van der Waals surface area contributed by atoms with Crippen molar-refractivity contribution in [2.45, 2.75) is 32.2 Å². The Morgan fingerprint density at radius 1 is 1.24 bits per heavy atom. The number of pyridine rings is 1. The van der Waals surface area contributed by atoms with Crippen LogP contribution in [0.4, 0.5) is 0 Å².